The predicted octanol–water partition coefficient (Wildman–Crippen LogP) is 5.04. The number of unbranched alkanes of at least 4 members (excludes halogenated alkanes) is 1. The number of nitrogens with zero attached hydrogens (tertiary/aromatic N) is 2. The molecule has 5 rings (SSSR count). The molecule has 0 aromatic heterocycles. The minimum atomic E-state index is -0.671. The summed E-state index contributed by atoms with van der Waals surface area (Å²) in [7, 11) is 0. The van der Waals surface area contributed by atoms with Gasteiger partial charge in [0.25, 0.3) is 0 Å². The highest BCUT2D eigenvalue weighted by atomic mass is 16.2. The molecule has 0 bridgehead atoms. The van der Waals surface area contributed by atoms with Crippen LogP contribution in [0.3, 0.4) is 0 Å². The summed E-state index contributed by atoms with van der Waals surface area (Å²) in [5, 5.41) is 3.14. The van der Waals surface area contributed by atoms with E-state index >= 15 is 0 Å². The fourth-order valence-electron chi connectivity index (χ4n) is 6.32. The largest absolute Gasteiger partial charge is 0.368 e. The van der Waals surface area contributed by atoms with Crippen molar-refractivity contribution in [2.75, 3.05) is 37.6 Å². The van der Waals surface area contributed by atoms with Gasteiger partial charge in [0.15, 0.2) is 0 Å². The van der Waals surface area contributed by atoms with Gasteiger partial charge in [-0.25, -0.2) is 0 Å². The van der Waals surface area contributed by atoms with Crippen molar-refractivity contribution >= 4 is 17.4 Å². The zero-order valence-corrected chi connectivity index (χ0v) is 22.0. The lowest BCUT2D eigenvalue weighted by Crippen LogP contribution is -2.56. The maximum atomic E-state index is 13.7. The minimum Gasteiger partial charge on any atom is -0.368 e. The molecule has 2 aliphatic rings. The molecule has 1 saturated heterocycles. The third-order valence-electron chi connectivity index (χ3n) is 8.12. The summed E-state index contributed by atoms with van der Waals surface area (Å²) >= 11 is 0. The molecular formula is C32H37N3O2. The number of likely N-dealkylation sites (N-methyl/N-ethyl adjacent to an activating group) is 1. The molecule has 5 heteroatoms. The van der Waals surface area contributed by atoms with Gasteiger partial charge in [-0.3, -0.25) is 14.5 Å². The number of piperazine rings is 1. The van der Waals surface area contributed by atoms with Gasteiger partial charge >= 0.3 is 0 Å². The molecule has 1 heterocycles. The number of hydrogen-bond donors (Lipinski definition) is 1. The van der Waals surface area contributed by atoms with Crippen LogP contribution in [0.15, 0.2) is 78.9 Å². The standard InChI is InChI=1S/C32H37N3O2/c1-3-33-31(37)32(28-17-9-7-15-26(28)27-16-8-10-18-29(27)32)19-11-12-20-34-21-22-35(23-30(34)24(2)36)25-13-5-4-6-14-25/h4-10,13-18,30H,3,11-12,19-23H2,1-2H3,(H,33,37). The maximum absolute atomic E-state index is 13.7. The van der Waals surface area contributed by atoms with Crippen LogP contribution in [-0.2, 0) is 15.0 Å². The average molecular weight is 496 g/mol. The highest BCUT2D eigenvalue weighted by molar-refractivity contribution is 6.00. The van der Waals surface area contributed by atoms with Crippen LogP contribution in [0.5, 0.6) is 0 Å². The van der Waals surface area contributed by atoms with Gasteiger partial charge in [-0.15, -0.1) is 0 Å². The monoisotopic (exact) mass is 495 g/mol. The van der Waals surface area contributed by atoms with Gasteiger partial charge in [0.2, 0.25) is 5.91 Å². The van der Waals surface area contributed by atoms with Crippen LogP contribution in [0.1, 0.15) is 44.2 Å². The van der Waals surface area contributed by atoms with Gasteiger partial charge in [-0.1, -0.05) is 73.2 Å². The smallest absolute Gasteiger partial charge is 0.235 e. The Labute approximate surface area is 220 Å². The predicted molar refractivity (Wildman–Crippen MR) is 150 cm³/mol. The van der Waals surface area contributed by atoms with Crippen molar-refractivity contribution in [3.8, 4) is 11.1 Å². The van der Waals surface area contributed by atoms with Crippen LogP contribution in [0, 0.1) is 0 Å². The van der Waals surface area contributed by atoms with Crippen molar-refractivity contribution < 1.29 is 9.59 Å². The topological polar surface area (TPSA) is 52.7 Å². The molecule has 0 spiro atoms. The van der Waals surface area contributed by atoms with Gasteiger partial charge in [0, 0.05) is 31.9 Å². The van der Waals surface area contributed by atoms with Crippen molar-refractivity contribution in [3.63, 3.8) is 0 Å². The zero-order valence-electron chi connectivity index (χ0n) is 22.0. The number of carbonyl (C=O) groups excluding carboxylic acids is 2. The molecule has 192 valence electrons. The third-order valence-corrected chi connectivity index (χ3v) is 8.12. The van der Waals surface area contributed by atoms with E-state index in [1.54, 1.807) is 6.92 Å². The van der Waals surface area contributed by atoms with Crippen molar-refractivity contribution in [1.29, 1.82) is 0 Å². The summed E-state index contributed by atoms with van der Waals surface area (Å²) in [6, 6.07) is 27.0. The first-order valence-corrected chi connectivity index (χ1v) is 13.6. The van der Waals surface area contributed by atoms with E-state index in [9.17, 15) is 9.59 Å². The first-order valence-electron chi connectivity index (χ1n) is 13.6. The first kappa shape index (κ1) is 25.2. The quantitative estimate of drug-likeness (QED) is 0.423. The zero-order chi connectivity index (χ0) is 25.8. The van der Waals surface area contributed by atoms with Crippen LogP contribution in [-0.4, -0.2) is 55.4 Å². The Morgan fingerprint density at radius 1 is 0.865 bits per heavy atom. The molecule has 3 aromatic rings. The number of hydrogen-bond acceptors (Lipinski definition) is 4. The number of fused-ring (bicyclic) bond motifs is 3. The molecule has 1 atom stereocenters. The number of Topliss-reactive ketones (excluding diaryl/α,β-unsaturated/α-hetero) is 1. The summed E-state index contributed by atoms with van der Waals surface area (Å²) in [4.78, 5) is 31.0. The second-order valence-electron chi connectivity index (χ2n) is 10.3. The number of rotatable bonds is 9. The third kappa shape index (κ3) is 4.69. The summed E-state index contributed by atoms with van der Waals surface area (Å²) < 4.78 is 0. The Hall–Kier alpha value is -3.44. The summed E-state index contributed by atoms with van der Waals surface area (Å²) in [6.07, 6.45) is 2.60. The lowest BCUT2D eigenvalue weighted by Gasteiger charge is -2.41. The van der Waals surface area contributed by atoms with Crippen molar-refractivity contribution in [3.05, 3.63) is 90.0 Å². The highest BCUT2D eigenvalue weighted by Gasteiger charge is 2.48. The Morgan fingerprint density at radius 3 is 2.11 bits per heavy atom. The van der Waals surface area contributed by atoms with Crippen LogP contribution in [0.4, 0.5) is 5.69 Å². The lowest BCUT2D eigenvalue weighted by molar-refractivity contribution is -0.125. The SMILES string of the molecule is CCNC(=O)C1(CCCCN2CCN(c3ccccc3)CC2C(C)=O)c2ccccc2-c2ccccc21. The summed E-state index contributed by atoms with van der Waals surface area (Å²) in [5.74, 6) is 0.309. The van der Waals surface area contributed by atoms with Crippen LogP contribution in [0.2, 0.25) is 0 Å². The van der Waals surface area contributed by atoms with Crippen LogP contribution >= 0.6 is 0 Å². The number of anilines is 1. The first-order chi connectivity index (χ1) is 18.1. The number of nitrogens with one attached hydrogen (secondary N) is 1. The molecule has 5 nitrogen and oxygen atoms in total. The maximum Gasteiger partial charge on any atom is 0.235 e. The molecule has 1 aliphatic heterocycles. The summed E-state index contributed by atoms with van der Waals surface area (Å²) in [6.45, 7) is 7.67. The molecule has 37 heavy (non-hydrogen) atoms. The van der Waals surface area contributed by atoms with E-state index in [1.165, 1.54) is 5.69 Å². The number of amides is 1. The highest BCUT2D eigenvalue weighted by Crippen LogP contribution is 2.51. The van der Waals surface area contributed by atoms with Gasteiger partial charge < -0.3 is 10.2 Å². The number of para-hydroxylation sites is 1. The van der Waals surface area contributed by atoms with Crippen molar-refractivity contribution in [2.45, 2.75) is 44.6 Å². The van der Waals surface area contributed by atoms with Gasteiger partial charge in [0.1, 0.15) is 11.2 Å². The van der Waals surface area contributed by atoms with Gasteiger partial charge in [-0.05, 0) is 67.6 Å². The fourth-order valence-corrected chi connectivity index (χ4v) is 6.32. The fraction of sp³-hybridized carbons (Fsp3) is 0.375. The second kappa shape index (κ2) is 10.9. The number of ketones is 1. The molecular weight excluding hydrogens is 458 g/mol. The van der Waals surface area contributed by atoms with Crippen LogP contribution in [0.25, 0.3) is 11.1 Å². The van der Waals surface area contributed by atoms with Gasteiger partial charge in [0.05, 0.1) is 6.04 Å². The normalized spacial score (nSPS) is 18.2. The van der Waals surface area contributed by atoms with E-state index in [-0.39, 0.29) is 17.7 Å². The van der Waals surface area contributed by atoms with E-state index in [0.29, 0.717) is 6.54 Å². The molecule has 1 amide bonds. The minimum absolute atomic E-state index is 0.0884. The van der Waals surface area contributed by atoms with E-state index in [4.69, 9.17) is 0 Å². The molecule has 0 saturated carbocycles. The lowest BCUT2D eigenvalue weighted by atomic mass is 9.73. The molecule has 1 fully saturated rings. The van der Waals surface area contributed by atoms with Gasteiger partial charge in [-0.2, -0.15) is 0 Å². The van der Waals surface area contributed by atoms with Crippen LogP contribution < -0.4 is 10.2 Å². The Kier molecular flexibility index (Phi) is 7.43. The van der Waals surface area contributed by atoms with E-state index in [1.807, 2.05) is 37.3 Å². The Bertz CT molecular complexity index is 1210. The Morgan fingerprint density at radius 2 is 1.49 bits per heavy atom. The average Bonchev–Trinajstić information content (AvgIpc) is 3.22. The molecule has 1 aliphatic carbocycles. The van der Waals surface area contributed by atoms with E-state index in [2.05, 4.69) is 63.6 Å². The summed E-state index contributed by atoms with van der Waals surface area (Å²) in [5.41, 5.74) is 5.06. The molecule has 3 aromatic carbocycles. The Balaban J connectivity index is 1.31. The second-order valence-corrected chi connectivity index (χ2v) is 10.3. The molecule has 1 N–H and O–H groups in total. The number of carbonyl (C=O) groups is 2. The van der Waals surface area contributed by atoms with Crippen molar-refractivity contribution in [2.24, 2.45) is 0 Å². The molecule has 1 unspecified atom stereocenters. The van der Waals surface area contributed by atoms with E-state index in [0.717, 1.165) is 67.7 Å². The van der Waals surface area contributed by atoms with E-state index < -0.39 is 5.41 Å². The van der Waals surface area contributed by atoms with Crippen molar-refractivity contribution in [1.82, 2.24) is 10.2 Å². The number of benzene rings is 3. The molecule has 0 radical (unpaired) electrons.